The highest BCUT2D eigenvalue weighted by atomic mass is 16.1. The molecule has 0 aliphatic heterocycles. The van der Waals surface area contributed by atoms with Crippen LogP contribution in [0.5, 0.6) is 0 Å². The van der Waals surface area contributed by atoms with E-state index >= 15 is 0 Å². The van der Waals surface area contributed by atoms with E-state index in [0.717, 1.165) is 21.3 Å². The number of nitrogens with two attached hydrogens (primary N) is 1. The molecule has 0 amide bonds. The molecule has 4 aromatic rings. The van der Waals surface area contributed by atoms with E-state index in [1.165, 1.54) is 0 Å². The van der Waals surface area contributed by atoms with Gasteiger partial charge in [-0.15, -0.1) is 0 Å². The molecule has 0 radical (unpaired) electrons. The molecule has 6 nitrogen and oxygen atoms in total. The zero-order valence-electron chi connectivity index (χ0n) is 11.6. The third-order valence-corrected chi connectivity index (χ3v) is 3.59. The number of nitrogen functional groups attached to an aromatic ring is 1. The van der Waals surface area contributed by atoms with E-state index in [-0.39, 0.29) is 5.56 Å². The number of anilines is 2. The van der Waals surface area contributed by atoms with E-state index in [1.54, 1.807) is 0 Å². The van der Waals surface area contributed by atoms with Gasteiger partial charge in [-0.3, -0.25) is 4.79 Å². The van der Waals surface area contributed by atoms with Crippen molar-refractivity contribution in [2.24, 2.45) is 0 Å². The number of hydrogen-bond donors (Lipinski definition) is 3. The lowest BCUT2D eigenvalue weighted by atomic mass is 10.2. The normalized spacial score (nSPS) is 11.1. The number of nitrogens with one attached hydrogen (secondary N) is 2. The Balaban J connectivity index is 1.97. The van der Waals surface area contributed by atoms with Gasteiger partial charge < -0.3 is 16.1 Å². The van der Waals surface area contributed by atoms with Gasteiger partial charge in [0.05, 0.1) is 0 Å². The Morgan fingerprint density at radius 3 is 2.59 bits per heavy atom. The van der Waals surface area contributed by atoms with Crippen LogP contribution >= 0.6 is 0 Å². The Morgan fingerprint density at radius 2 is 1.77 bits per heavy atom. The topological polar surface area (TPSA) is 88.7 Å². The molecular weight excluding hydrogens is 278 g/mol. The molecule has 0 fully saturated rings. The van der Waals surface area contributed by atoms with Crippen LogP contribution in [0.2, 0.25) is 0 Å². The van der Waals surface area contributed by atoms with Gasteiger partial charge in [-0.1, -0.05) is 36.4 Å². The zero-order chi connectivity index (χ0) is 15.1. The summed E-state index contributed by atoms with van der Waals surface area (Å²) in [6.45, 7) is 0. The zero-order valence-corrected chi connectivity index (χ0v) is 11.6. The van der Waals surface area contributed by atoms with Crippen LogP contribution in [0.25, 0.3) is 21.9 Å². The van der Waals surface area contributed by atoms with Crippen molar-refractivity contribution in [1.82, 2.24) is 14.6 Å². The Labute approximate surface area is 125 Å². The van der Waals surface area contributed by atoms with Gasteiger partial charge in [0.1, 0.15) is 11.0 Å². The standard InChI is InChI=1S/C16H13N5O/c17-21-15(22)14-13(11-8-4-5-9-12(11)19-14)20-16(21)18-10-6-2-1-3-7-10/h1-9,19H,17H2,(H,18,20). The number of H-pyrrole nitrogens is 1. The summed E-state index contributed by atoms with van der Waals surface area (Å²) >= 11 is 0. The second-order valence-electron chi connectivity index (χ2n) is 5.00. The molecule has 108 valence electrons. The van der Waals surface area contributed by atoms with Crippen molar-refractivity contribution >= 4 is 33.6 Å². The number of hydrogen-bond acceptors (Lipinski definition) is 4. The summed E-state index contributed by atoms with van der Waals surface area (Å²) in [7, 11) is 0. The van der Waals surface area contributed by atoms with Crippen molar-refractivity contribution in [2.45, 2.75) is 0 Å². The summed E-state index contributed by atoms with van der Waals surface area (Å²) in [6.07, 6.45) is 0. The maximum Gasteiger partial charge on any atom is 0.297 e. The average molecular weight is 291 g/mol. The fourth-order valence-electron chi connectivity index (χ4n) is 2.51. The highest BCUT2D eigenvalue weighted by Crippen LogP contribution is 2.23. The maximum atomic E-state index is 12.4. The van der Waals surface area contributed by atoms with E-state index in [9.17, 15) is 4.79 Å². The van der Waals surface area contributed by atoms with Crippen molar-refractivity contribution in [2.75, 3.05) is 11.2 Å². The summed E-state index contributed by atoms with van der Waals surface area (Å²) < 4.78 is 1.02. The third kappa shape index (κ3) is 1.81. The van der Waals surface area contributed by atoms with Crippen LogP contribution < -0.4 is 16.7 Å². The van der Waals surface area contributed by atoms with Crippen LogP contribution in [0.1, 0.15) is 0 Å². The van der Waals surface area contributed by atoms with Crippen LogP contribution in [0.4, 0.5) is 11.6 Å². The molecular formula is C16H13N5O. The number of nitrogens with zero attached hydrogens (tertiary/aromatic N) is 2. The smallest absolute Gasteiger partial charge is 0.297 e. The molecule has 0 saturated heterocycles. The van der Waals surface area contributed by atoms with E-state index in [1.807, 2.05) is 54.6 Å². The van der Waals surface area contributed by atoms with Crippen molar-refractivity contribution in [3.05, 3.63) is 65.0 Å². The molecule has 0 unspecified atom stereocenters. The molecule has 22 heavy (non-hydrogen) atoms. The van der Waals surface area contributed by atoms with Crippen molar-refractivity contribution in [3.8, 4) is 0 Å². The molecule has 2 aromatic carbocycles. The minimum absolute atomic E-state index is 0.299. The average Bonchev–Trinajstić information content (AvgIpc) is 2.92. The Bertz CT molecular complexity index is 1030. The Hall–Kier alpha value is -3.28. The summed E-state index contributed by atoms with van der Waals surface area (Å²) in [6, 6.07) is 17.1. The number of aromatic nitrogens is 3. The minimum Gasteiger partial charge on any atom is -0.349 e. The van der Waals surface area contributed by atoms with Gasteiger partial charge in [0.15, 0.2) is 0 Å². The maximum absolute atomic E-state index is 12.4. The molecule has 2 heterocycles. The lowest BCUT2D eigenvalue weighted by Gasteiger charge is -2.09. The SMILES string of the molecule is Nn1c(Nc2ccccc2)nc2c([nH]c3ccccc32)c1=O. The number of fused-ring (bicyclic) bond motifs is 3. The minimum atomic E-state index is -0.320. The van der Waals surface area contributed by atoms with Crippen LogP contribution in [-0.2, 0) is 0 Å². The highest BCUT2D eigenvalue weighted by Gasteiger charge is 2.13. The first-order chi connectivity index (χ1) is 10.7. The molecule has 0 saturated carbocycles. The molecule has 4 N–H and O–H groups in total. The van der Waals surface area contributed by atoms with Gasteiger partial charge in [-0.25, -0.2) is 4.98 Å². The van der Waals surface area contributed by atoms with E-state index in [0.29, 0.717) is 17.0 Å². The summed E-state index contributed by atoms with van der Waals surface area (Å²) in [5, 5.41) is 3.97. The van der Waals surface area contributed by atoms with E-state index < -0.39 is 0 Å². The van der Waals surface area contributed by atoms with E-state index in [4.69, 9.17) is 5.84 Å². The third-order valence-electron chi connectivity index (χ3n) is 3.59. The second kappa shape index (κ2) is 4.63. The summed E-state index contributed by atoms with van der Waals surface area (Å²) in [5.74, 6) is 6.18. The first kappa shape index (κ1) is 12.5. The van der Waals surface area contributed by atoms with Gasteiger partial charge in [0.2, 0.25) is 5.95 Å². The summed E-state index contributed by atoms with van der Waals surface area (Å²) in [5.41, 5.74) is 2.37. The molecule has 2 aromatic heterocycles. The first-order valence-corrected chi connectivity index (χ1v) is 6.84. The van der Waals surface area contributed by atoms with Crippen LogP contribution in [0.3, 0.4) is 0 Å². The van der Waals surface area contributed by atoms with Crippen molar-refractivity contribution < 1.29 is 0 Å². The molecule has 0 aliphatic carbocycles. The van der Waals surface area contributed by atoms with Crippen LogP contribution in [0, 0.1) is 0 Å². The molecule has 0 spiro atoms. The lowest BCUT2D eigenvalue weighted by Crippen LogP contribution is -2.30. The van der Waals surface area contributed by atoms with Gasteiger partial charge in [-0.2, -0.15) is 4.68 Å². The predicted octanol–water partition coefficient (Wildman–Crippen LogP) is 2.34. The number of benzene rings is 2. The highest BCUT2D eigenvalue weighted by molar-refractivity contribution is 6.04. The Kier molecular flexibility index (Phi) is 2.62. The fraction of sp³-hybridized carbons (Fsp3) is 0. The number of rotatable bonds is 2. The van der Waals surface area contributed by atoms with Crippen LogP contribution in [-0.4, -0.2) is 14.6 Å². The largest absolute Gasteiger partial charge is 0.349 e. The van der Waals surface area contributed by atoms with E-state index in [2.05, 4.69) is 15.3 Å². The summed E-state index contributed by atoms with van der Waals surface area (Å²) in [4.78, 5) is 20.0. The van der Waals surface area contributed by atoms with Crippen LogP contribution in [0.15, 0.2) is 59.4 Å². The van der Waals surface area contributed by atoms with Gasteiger partial charge in [0.25, 0.3) is 5.56 Å². The van der Waals surface area contributed by atoms with Crippen molar-refractivity contribution in [1.29, 1.82) is 0 Å². The number of aromatic amines is 1. The molecule has 0 aliphatic rings. The quantitative estimate of drug-likeness (QED) is 0.495. The fourth-order valence-corrected chi connectivity index (χ4v) is 2.51. The van der Waals surface area contributed by atoms with Crippen molar-refractivity contribution in [3.63, 3.8) is 0 Å². The molecule has 6 heteroatoms. The van der Waals surface area contributed by atoms with Gasteiger partial charge in [-0.05, 0) is 18.2 Å². The second-order valence-corrected chi connectivity index (χ2v) is 5.00. The molecule has 4 rings (SSSR count). The lowest BCUT2D eigenvalue weighted by molar-refractivity contribution is 0.924. The predicted molar refractivity (Wildman–Crippen MR) is 87.7 cm³/mol. The van der Waals surface area contributed by atoms with Gasteiger partial charge >= 0.3 is 0 Å². The monoisotopic (exact) mass is 291 g/mol. The molecule has 0 bridgehead atoms. The Morgan fingerprint density at radius 1 is 1.05 bits per heavy atom. The van der Waals surface area contributed by atoms with Gasteiger partial charge in [0, 0.05) is 16.6 Å². The number of para-hydroxylation sites is 2. The first-order valence-electron chi connectivity index (χ1n) is 6.84. The molecule has 0 atom stereocenters.